The van der Waals surface area contributed by atoms with Gasteiger partial charge < -0.3 is 24.3 Å². The first-order valence-corrected chi connectivity index (χ1v) is 17.9. The molecule has 11 heteroatoms. The minimum Gasteiger partial charge on any atom is -0.496 e. The van der Waals surface area contributed by atoms with Gasteiger partial charge in [0.2, 0.25) is 0 Å². The molecule has 0 saturated heterocycles. The number of aromatic nitrogens is 4. The van der Waals surface area contributed by atoms with Gasteiger partial charge in [-0.15, -0.1) is 0 Å². The second-order valence-electron chi connectivity index (χ2n) is 12.6. The highest BCUT2D eigenvalue weighted by Gasteiger charge is 2.16. The Hall–Kier alpha value is -4.96. The normalized spacial score (nSPS) is 11.1. The minimum absolute atomic E-state index is 0.349. The van der Waals surface area contributed by atoms with Crippen molar-refractivity contribution >= 4 is 23.2 Å². The number of methoxy groups -OCH3 is 2. The van der Waals surface area contributed by atoms with Crippen LogP contribution >= 0.6 is 23.2 Å². The highest BCUT2D eigenvalue weighted by atomic mass is 35.5. The second-order valence-corrected chi connectivity index (χ2v) is 13.4. The van der Waals surface area contributed by atoms with Gasteiger partial charge in [-0.25, -0.2) is 0 Å². The van der Waals surface area contributed by atoms with E-state index in [2.05, 4.69) is 76.0 Å². The highest BCUT2D eigenvalue weighted by Crippen LogP contribution is 2.37. The lowest BCUT2D eigenvalue weighted by Gasteiger charge is -2.18. The number of benzene rings is 4. The molecule has 0 spiro atoms. The number of aryl methyl sites for hydroxylation is 2. The molecule has 0 unspecified atom stereocenters. The van der Waals surface area contributed by atoms with Crippen molar-refractivity contribution in [2.45, 2.75) is 59.4 Å². The number of nitrogens with one attached hydrogen (secondary N) is 3. The Morgan fingerprint density at radius 2 is 1.13 bits per heavy atom. The van der Waals surface area contributed by atoms with Gasteiger partial charge in [0.15, 0.2) is 0 Å². The van der Waals surface area contributed by atoms with Gasteiger partial charge in [-0.05, 0) is 96.3 Å². The monoisotopic (exact) mass is 739 g/mol. The highest BCUT2D eigenvalue weighted by molar-refractivity contribution is 6.32. The third-order valence-electron chi connectivity index (χ3n) is 9.26. The molecule has 9 nitrogen and oxygen atoms in total. The predicted molar refractivity (Wildman–Crippen MR) is 206 cm³/mol. The zero-order chi connectivity index (χ0) is 36.5. The van der Waals surface area contributed by atoms with Gasteiger partial charge in [0.25, 0.3) is 0 Å². The van der Waals surface area contributed by atoms with Crippen molar-refractivity contribution in [3.63, 3.8) is 0 Å². The van der Waals surface area contributed by atoms with E-state index < -0.39 is 0 Å². The van der Waals surface area contributed by atoms with Crippen molar-refractivity contribution in [1.29, 1.82) is 0 Å². The first-order chi connectivity index (χ1) is 25.3. The van der Waals surface area contributed by atoms with Crippen LogP contribution in [0.25, 0.3) is 11.1 Å². The van der Waals surface area contributed by atoms with Gasteiger partial charge in [0.05, 0.1) is 24.3 Å². The second kappa shape index (κ2) is 17.5. The van der Waals surface area contributed by atoms with E-state index in [1.807, 2.05) is 36.4 Å². The average molecular weight is 741 g/mol. The van der Waals surface area contributed by atoms with Gasteiger partial charge >= 0.3 is 0 Å². The zero-order valence-corrected chi connectivity index (χ0v) is 31.3. The molecule has 0 atom stereocenters. The number of rotatable bonds is 17. The number of hydrogen-bond acceptors (Lipinski definition) is 7. The van der Waals surface area contributed by atoms with Crippen molar-refractivity contribution in [2.24, 2.45) is 0 Å². The lowest BCUT2D eigenvalue weighted by Crippen LogP contribution is -2.14. The summed E-state index contributed by atoms with van der Waals surface area (Å²) in [5, 5.41) is 18.4. The first kappa shape index (κ1) is 36.8. The molecule has 0 radical (unpaired) electrons. The van der Waals surface area contributed by atoms with Crippen LogP contribution < -0.4 is 24.3 Å². The molecule has 0 aliphatic heterocycles. The molecule has 0 bridgehead atoms. The molecule has 0 fully saturated rings. The fourth-order valence-electron chi connectivity index (χ4n) is 6.27. The van der Waals surface area contributed by atoms with E-state index >= 15 is 0 Å². The summed E-state index contributed by atoms with van der Waals surface area (Å²) >= 11 is 13.4. The summed E-state index contributed by atoms with van der Waals surface area (Å²) in [4.78, 5) is 0. The summed E-state index contributed by atoms with van der Waals surface area (Å²) in [5.41, 5.74) is 10.7. The van der Waals surface area contributed by atoms with E-state index in [-0.39, 0.29) is 0 Å². The summed E-state index contributed by atoms with van der Waals surface area (Å²) in [6, 6.07) is 24.0. The van der Waals surface area contributed by atoms with Crippen molar-refractivity contribution < 1.29 is 18.9 Å². The SMILES string of the molecule is COc1cc(OCc2cccc(-c3cccc(COc4cc(OC)c(CNCc5ccn[nH]5)cc4Cl)c3C)c2C)c(Cl)cc1CCCc1ccn[nH]1. The molecule has 6 rings (SSSR count). The Labute approximate surface area is 314 Å². The maximum Gasteiger partial charge on any atom is 0.142 e. The molecule has 0 amide bonds. The van der Waals surface area contributed by atoms with Crippen LogP contribution in [0.1, 0.15) is 51.2 Å². The number of hydrogen-bond donors (Lipinski definition) is 3. The predicted octanol–water partition coefficient (Wildman–Crippen LogP) is 9.36. The molecule has 6 aromatic rings. The number of ether oxygens (including phenoxy) is 4. The minimum atomic E-state index is 0.349. The molecule has 0 aliphatic carbocycles. The van der Waals surface area contributed by atoms with Crippen LogP contribution in [0.5, 0.6) is 23.0 Å². The summed E-state index contributed by atoms with van der Waals surface area (Å²) in [5.74, 6) is 2.62. The molecule has 3 N–H and O–H groups in total. The van der Waals surface area contributed by atoms with Crippen LogP contribution in [0.3, 0.4) is 0 Å². The van der Waals surface area contributed by atoms with Crippen LogP contribution in [0.4, 0.5) is 0 Å². The molecule has 4 aromatic carbocycles. The standard InChI is InChI=1S/C41H43Cl2N5O4/c1-26-29(24-51-40-20-38(49-3)28(18-36(40)42)8-5-11-32-14-16-45-47-32)9-6-12-34(26)35-13-7-10-30(27(35)2)25-52-41-21-39(50-4)31(19-37(41)43)22-44-23-33-15-17-46-48-33/h6-7,9-10,12-21,44H,5,8,11,22-25H2,1-4H3,(H,45,47)(H,46,48). The van der Waals surface area contributed by atoms with Crippen molar-refractivity contribution in [2.75, 3.05) is 14.2 Å². The zero-order valence-electron chi connectivity index (χ0n) is 29.8. The van der Waals surface area contributed by atoms with Crippen LogP contribution in [0.2, 0.25) is 10.0 Å². The van der Waals surface area contributed by atoms with Crippen LogP contribution in [-0.4, -0.2) is 34.6 Å². The Bertz CT molecular complexity index is 1940. The van der Waals surface area contributed by atoms with Crippen molar-refractivity contribution in [3.8, 4) is 34.1 Å². The average Bonchev–Trinajstić information content (AvgIpc) is 3.87. The van der Waals surface area contributed by atoms with Gasteiger partial charge in [-0.1, -0.05) is 59.6 Å². The molecule has 2 heterocycles. The maximum atomic E-state index is 6.72. The molecule has 2 aromatic heterocycles. The van der Waals surface area contributed by atoms with Crippen molar-refractivity contribution in [1.82, 2.24) is 25.7 Å². The Kier molecular flexibility index (Phi) is 12.4. The fourth-order valence-corrected chi connectivity index (χ4v) is 6.75. The number of H-pyrrole nitrogens is 2. The van der Waals surface area contributed by atoms with Gasteiger partial charge in [-0.3, -0.25) is 10.2 Å². The summed E-state index contributed by atoms with van der Waals surface area (Å²) in [7, 11) is 3.32. The number of nitrogens with zero attached hydrogens (tertiary/aromatic N) is 2. The third-order valence-corrected chi connectivity index (χ3v) is 9.85. The lowest BCUT2D eigenvalue weighted by molar-refractivity contribution is 0.302. The van der Waals surface area contributed by atoms with Gasteiger partial charge in [-0.2, -0.15) is 10.2 Å². The largest absolute Gasteiger partial charge is 0.496 e. The lowest BCUT2D eigenvalue weighted by atomic mass is 9.92. The molecule has 270 valence electrons. The van der Waals surface area contributed by atoms with E-state index in [9.17, 15) is 0 Å². The number of halogens is 2. The molecule has 0 saturated carbocycles. The van der Waals surface area contributed by atoms with Crippen molar-refractivity contribution in [3.05, 3.63) is 140 Å². The smallest absolute Gasteiger partial charge is 0.142 e. The first-order valence-electron chi connectivity index (χ1n) is 17.2. The van der Waals surface area contributed by atoms with Crippen LogP contribution in [-0.2, 0) is 39.1 Å². The van der Waals surface area contributed by atoms with Gasteiger partial charge in [0, 0.05) is 54.6 Å². The molecule has 0 aliphatic rings. The van der Waals surface area contributed by atoms with E-state index in [4.69, 9.17) is 42.1 Å². The Morgan fingerprint density at radius 3 is 1.67 bits per heavy atom. The molecular weight excluding hydrogens is 697 g/mol. The fraction of sp³-hybridized carbons (Fsp3) is 0.268. The number of aromatic amines is 2. The quantitative estimate of drug-likeness (QED) is 0.0856. The van der Waals surface area contributed by atoms with E-state index in [0.29, 0.717) is 53.6 Å². The molecule has 52 heavy (non-hydrogen) atoms. The molecular formula is C41H43Cl2N5O4. The van der Waals surface area contributed by atoms with Crippen LogP contribution in [0, 0.1) is 13.8 Å². The Balaban J connectivity index is 1.12. The van der Waals surface area contributed by atoms with E-state index in [1.165, 1.54) is 0 Å². The topological polar surface area (TPSA) is 106 Å². The maximum absolute atomic E-state index is 6.72. The summed E-state index contributed by atoms with van der Waals surface area (Å²) in [6.07, 6.45) is 6.16. The van der Waals surface area contributed by atoms with E-state index in [1.54, 1.807) is 26.6 Å². The Morgan fingerprint density at radius 1 is 0.596 bits per heavy atom. The third kappa shape index (κ3) is 8.91. The van der Waals surface area contributed by atoms with E-state index in [0.717, 1.165) is 80.9 Å². The van der Waals surface area contributed by atoms with Crippen LogP contribution in [0.15, 0.2) is 85.2 Å². The van der Waals surface area contributed by atoms with Gasteiger partial charge in [0.1, 0.15) is 36.2 Å². The summed E-state index contributed by atoms with van der Waals surface area (Å²) in [6.45, 7) is 6.18. The summed E-state index contributed by atoms with van der Waals surface area (Å²) < 4.78 is 24.0.